The largest absolute Gasteiger partial charge is 0.510 e. The van der Waals surface area contributed by atoms with Gasteiger partial charge in [-0.25, -0.2) is 4.98 Å². The summed E-state index contributed by atoms with van der Waals surface area (Å²) in [5.74, 6) is 1.71. The van der Waals surface area contributed by atoms with Crippen molar-refractivity contribution in [2.75, 3.05) is 0 Å². The molecule has 7 aromatic carbocycles. The van der Waals surface area contributed by atoms with Crippen molar-refractivity contribution in [3.05, 3.63) is 192 Å². The Morgan fingerprint density at radius 1 is 0.493 bits per heavy atom. The van der Waals surface area contributed by atoms with Crippen LogP contribution in [0, 0.1) is 18.5 Å². The number of ether oxygens (including phenoxy) is 1. The van der Waals surface area contributed by atoms with Crippen molar-refractivity contribution >= 4 is 32.8 Å². The van der Waals surface area contributed by atoms with Crippen LogP contribution in [0.4, 0.5) is 0 Å². The third-order valence-corrected chi connectivity index (χ3v) is 14.6. The van der Waals surface area contributed by atoms with Gasteiger partial charge in [0.25, 0.3) is 0 Å². The molecular formula is C69H72N4OPt-2. The van der Waals surface area contributed by atoms with Crippen molar-refractivity contribution in [3.63, 3.8) is 0 Å². The standard InChI is InChI=1S/C69H72N4O.Pt/c1-65(2,3)47-30-31-70-63(40-47)73-59-25-18-17-22-57(59)58-29-28-53(42-62(58)73)74-54-37-46(36-52(41-54)72-43-71(16)60-26-19-20-27-61(60)72)64-55(44-32-48(66(4,5)6)38-49(33-44)67(7,8)9)23-21-24-56(64)45-34-50(68(10,11)12)39-51(35-45)69(13,14)15;/h17-40H,1-16H3;/q-2;/i16D3;. The van der Waals surface area contributed by atoms with Gasteiger partial charge in [-0.15, -0.1) is 35.2 Å². The molecule has 0 unspecified atom stereocenters. The molecule has 0 amide bonds. The Morgan fingerprint density at radius 2 is 1.04 bits per heavy atom. The normalized spacial score (nSPS) is 13.5. The second-order valence-corrected chi connectivity index (χ2v) is 25.4. The molecule has 0 fully saturated rings. The zero-order valence-electron chi connectivity index (χ0n) is 49.4. The summed E-state index contributed by atoms with van der Waals surface area (Å²) in [4.78, 5) is 4.93. The Kier molecular flexibility index (Phi) is 12.6. The molecule has 0 N–H and O–H groups in total. The molecule has 0 spiro atoms. The van der Waals surface area contributed by atoms with Crippen LogP contribution in [0.5, 0.6) is 11.5 Å². The Morgan fingerprint density at radius 3 is 1.60 bits per heavy atom. The van der Waals surface area contributed by atoms with Crippen LogP contribution in [0.15, 0.2) is 146 Å². The molecule has 10 aromatic rings. The molecule has 10 rings (SSSR count). The van der Waals surface area contributed by atoms with Crippen molar-refractivity contribution in [1.29, 1.82) is 0 Å². The van der Waals surface area contributed by atoms with Crippen LogP contribution in [-0.4, -0.2) is 14.1 Å². The maximum atomic E-state index is 8.62. The van der Waals surface area contributed by atoms with Gasteiger partial charge in [0.05, 0.1) is 22.1 Å². The minimum atomic E-state index is -2.50. The summed E-state index contributed by atoms with van der Waals surface area (Å²) in [5.41, 5.74) is 15.3. The number of fused-ring (bicyclic) bond motifs is 4. The molecule has 386 valence electrons. The van der Waals surface area contributed by atoms with Gasteiger partial charge in [0.1, 0.15) is 5.82 Å². The first-order valence-corrected chi connectivity index (χ1v) is 26.0. The van der Waals surface area contributed by atoms with E-state index in [1.807, 2.05) is 36.5 Å². The molecule has 0 aliphatic carbocycles. The molecule has 0 bridgehead atoms. The first-order chi connectivity index (χ1) is 35.9. The Bertz CT molecular complexity index is 3760. The molecule has 0 aliphatic rings. The van der Waals surface area contributed by atoms with Crippen LogP contribution < -0.4 is 9.30 Å². The van der Waals surface area contributed by atoms with Crippen LogP contribution in [0.3, 0.4) is 0 Å². The van der Waals surface area contributed by atoms with Gasteiger partial charge in [-0.05, 0) is 106 Å². The number of hydrogen-bond acceptors (Lipinski definition) is 2. The van der Waals surface area contributed by atoms with Gasteiger partial charge < -0.3 is 18.4 Å². The van der Waals surface area contributed by atoms with E-state index in [-0.39, 0.29) is 48.1 Å². The Balaban J connectivity index is 0.00000740. The van der Waals surface area contributed by atoms with Crippen LogP contribution in [0.1, 0.15) is 136 Å². The number of aryl methyl sites for hydroxylation is 1. The Labute approximate surface area is 465 Å². The maximum absolute atomic E-state index is 8.62. The van der Waals surface area contributed by atoms with Crippen molar-refractivity contribution in [3.8, 4) is 56.4 Å². The molecular weight excluding hydrogens is 1100 g/mol. The van der Waals surface area contributed by atoms with Gasteiger partial charge in [0.2, 0.25) is 6.33 Å². The number of aromatic nitrogens is 4. The predicted molar refractivity (Wildman–Crippen MR) is 309 cm³/mol. The monoisotopic (exact) mass is 1170 g/mol. The van der Waals surface area contributed by atoms with Crippen LogP contribution in [-0.2, 0) is 55.1 Å². The zero-order chi connectivity index (χ0) is 55.4. The van der Waals surface area contributed by atoms with Gasteiger partial charge >= 0.3 is 0 Å². The third-order valence-electron chi connectivity index (χ3n) is 14.6. The summed E-state index contributed by atoms with van der Waals surface area (Å²) in [6.45, 7) is 31.5. The van der Waals surface area contributed by atoms with Gasteiger partial charge in [0.15, 0.2) is 0 Å². The molecule has 0 saturated heterocycles. The summed E-state index contributed by atoms with van der Waals surface area (Å²) in [7, 11) is 0. The van der Waals surface area contributed by atoms with E-state index in [2.05, 4.69) is 236 Å². The van der Waals surface area contributed by atoms with E-state index in [9.17, 15) is 0 Å². The van der Waals surface area contributed by atoms with Gasteiger partial charge in [-0.3, -0.25) is 0 Å². The average Bonchev–Trinajstić information content (AvgIpc) is 4.14. The van der Waals surface area contributed by atoms with E-state index in [1.54, 1.807) is 4.57 Å². The molecule has 3 aromatic heterocycles. The predicted octanol–water partition coefficient (Wildman–Crippen LogP) is 17.6. The number of nitrogens with zero attached hydrogens (tertiary/aromatic N) is 4. The zero-order valence-corrected chi connectivity index (χ0v) is 48.6. The first kappa shape index (κ1) is 49.3. The molecule has 0 radical (unpaired) electrons. The molecule has 3 heterocycles. The molecule has 5 nitrogen and oxygen atoms in total. The van der Waals surface area contributed by atoms with Crippen LogP contribution in [0.2, 0.25) is 0 Å². The maximum Gasteiger partial charge on any atom is 0.242 e. The summed E-state index contributed by atoms with van der Waals surface area (Å²) in [5, 5.41) is 2.11. The van der Waals surface area contributed by atoms with E-state index < -0.39 is 6.98 Å². The summed E-state index contributed by atoms with van der Waals surface area (Å²) >= 11 is 0. The van der Waals surface area contributed by atoms with Gasteiger partial charge in [-0.2, -0.15) is 12.1 Å². The Hall–Kier alpha value is -6.55. The van der Waals surface area contributed by atoms with E-state index in [1.165, 1.54) is 32.4 Å². The fourth-order valence-corrected chi connectivity index (χ4v) is 10.0. The summed E-state index contributed by atoms with van der Waals surface area (Å²) in [6.07, 6.45) is 5.13. The minimum Gasteiger partial charge on any atom is -0.510 e. The fraction of sp³-hybridized carbons (Fsp3) is 0.304. The van der Waals surface area contributed by atoms with Crippen molar-refractivity contribution in [1.82, 2.24) is 14.1 Å². The molecule has 0 atom stereocenters. The van der Waals surface area contributed by atoms with E-state index in [0.717, 1.165) is 61.0 Å². The smallest absolute Gasteiger partial charge is 0.242 e. The topological polar surface area (TPSA) is 35.9 Å². The van der Waals surface area contributed by atoms with Crippen molar-refractivity contribution < 1.29 is 34.5 Å². The summed E-state index contributed by atoms with van der Waals surface area (Å²) in [6, 6.07) is 56.6. The van der Waals surface area contributed by atoms with Gasteiger partial charge in [0, 0.05) is 44.3 Å². The number of pyridine rings is 1. The van der Waals surface area contributed by atoms with E-state index in [4.69, 9.17) is 13.8 Å². The molecule has 0 saturated carbocycles. The van der Waals surface area contributed by atoms with Crippen molar-refractivity contribution in [2.45, 2.75) is 131 Å². The molecule has 75 heavy (non-hydrogen) atoms. The molecule has 0 aliphatic heterocycles. The number of benzene rings is 7. The fourth-order valence-electron chi connectivity index (χ4n) is 10.0. The number of imidazole rings is 1. The minimum absolute atomic E-state index is 0. The third kappa shape index (κ3) is 10.4. The summed E-state index contributed by atoms with van der Waals surface area (Å²) < 4.78 is 38.2. The van der Waals surface area contributed by atoms with E-state index in [0.29, 0.717) is 28.2 Å². The number of hydrogen-bond donors (Lipinski definition) is 0. The van der Waals surface area contributed by atoms with E-state index >= 15 is 0 Å². The van der Waals surface area contributed by atoms with Crippen molar-refractivity contribution in [2.24, 2.45) is 6.98 Å². The van der Waals surface area contributed by atoms with Crippen LogP contribution >= 0.6 is 0 Å². The molecule has 6 heteroatoms. The first-order valence-electron chi connectivity index (χ1n) is 27.5. The average molecular weight is 1170 g/mol. The van der Waals surface area contributed by atoms with Gasteiger partial charge in [-0.1, -0.05) is 212 Å². The number of rotatable bonds is 7. The SMILES string of the molecule is [2H]C([2H])([2H])[n+]1[c-]n(-c2[c-]c(Oc3[c-]c4c(cc3)c3ccccc3n4-c3cc(C(C)(C)C)ccn3)cc(-c3c(-c4cc(C(C)(C)C)cc(C(C)(C)C)c4)cccc3-c3cc(C(C)(C)C)cc(C(C)(C)C)c3)c2)c2ccccc21.[Pt]. The quantitative estimate of drug-likeness (QED) is 0.118. The second kappa shape index (κ2) is 19.2. The second-order valence-electron chi connectivity index (χ2n) is 25.4. The van der Waals surface area contributed by atoms with Crippen LogP contribution in [0.25, 0.3) is 77.7 Å². The number of para-hydroxylation sites is 3.